The number of nitrogens with zero attached hydrogens (tertiary/aromatic N) is 4. The van der Waals surface area contributed by atoms with E-state index in [-0.39, 0.29) is 6.04 Å². The van der Waals surface area contributed by atoms with Crippen LogP contribution in [0.25, 0.3) is 0 Å². The van der Waals surface area contributed by atoms with Gasteiger partial charge in [0, 0.05) is 6.54 Å². The lowest BCUT2D eigenvalue weighted by Crippen LogP contribution is -2.24. The third-order valence-electron chi connectivity index (χ3n) is 2.85. The van der Waals surface area contributed by atoms with Gasteiger partial charge in [-0.05, 0) is 27.3 Å². The maximum atomic E-state index is 4.51. The van der Waals surface area contributed by atoms with E-state index < -0.39 is 0 Å². The Kier molecular flexibility index (Phi) is 4.08. The van der Waals surface area contributed by atoms with E-state index in [4.69, 9.17) is 0 Å². The minimum absolute atomic E-state index is 0.135. The van der Waals surface area contributed by atoms with Gasteiger partial charge in [-0.25, -0.2) is 9.67 Å². The number of aryl methyl sites for hydroxylation is 3. The molecule has 0 aromatic carbocycles. The quantitative estimate of drug-likeness (QED) is 0.899. The summed E-state index contributed by atoms with van der Waals surface area (Å²) >= 11 is 1.74. The second-order valence-electron chi connectivity index (χ2n) is 4.15. The number of hydrogen-bond acceptors (Lipinski definition) is 5. The van der Waals surface area contributed by atoms with Crippen molar-refractivity contribution >= 4 is 11.3 Å². The van der Waals surface area contributed by atoms with E-state index in [0.29, 0.717) is 0 Å². The molecule has 2 heterocycles. The second-order valence-corrected chi connectivity index (χ2v) is 5.38. The van der Waals surface area contributed by atoms with E-state index in [2.05, 4.69) is 41.4 Å². The van der Waals surface area contributed by atoms with Crippen molar-refractivity contribution < 1.29 is 0 Å². The van der Waals surface area contributed by atoms with Crippen molar-refractivity contribution in [3.63, 3.8) is 0 Å². The summed E-state index contributed by atoms with van der Waals surface area (Å²) in [6, 6.07) is 0.135. The molecule has 0 radical (unpaired) electrons. The Morgan fingerprint density at radius 3 is 2.72 bits per heavy atom. The molecule has 0 aliphatic heterocycles. The third kappa shape index (κ3) is 2.44. The van der Waals surface area contributed by atoms with Gasteiger partial charge in [0.2, 0.25) is 0 Å². The van der Waals surface area contributed by atoms with Crippen LogP contribution in [0.15, 0.2) is 6.20 Å². The van der Waals surface area contributed by atoms with E-state index in [1.54, 1.807) is 11.3 Å². The highest BCUT2D eigenvalue weighted by molar-refractivity contribution is 7.11. The minimum Gasteiger partial charge on any atom is -0.304 e. The van der Waals surface area contributed by atoms with Crippen LogP contribution in [0.2, 0.25) is 0 Å². The molecule has 0 saturated carbocycles. The maximum absolute atomic E-state index is 4.51. The molecule has 98 valence electrons. The van der Waals surface area contributed by atoms with Crippen LogP contribution < -0.4 is 5.32 Å². The van der Waals surface area contributed by atoms with Crippen molar-refractivity contribution in [3.05, 3.63) is 27.5 Å². The van der Waals surface area contributed by atoms with Gasteiger partial charge in [0.1, 0.15) is 0 Å². The summed E-state index contributed by atoms with van der Waals surface area (Å²) < 4.78 is 1.93. The molecule has 0 bridgehead atoms. The molecule has 0 aliphatic carbocycles. The number of thiazole rings is 1. The summed E-state index contributed by atoms with van der Waals surface area (Å²) in [7, 11) is 0. The van der Waals surface area contributed by atoms with Crippen LogP contribution in [0.5, 0.6) is 0 Å². The van der Waals surface area contributed by atoms with Crippen molar-refractivity contribution in [2.24, 2.45) is 0 Å². The number of rotatable bonds is 5. The number of nitrogens with one attached hydrogen (secondary N) is 1. The second kappa shape index (κ2) is 5.58. The van der Waals surface area contributed by atoms with Gasteiger partial charge in [0.15, 0.2) is 0 Å². The molecule has 2 aromatic rings. The predicted molar refractivity (Wildman–Crippen MR) is 72.8 cm³/mol. The summed E-state index contributed by atoms with van der Waals surface area (Å²) in [4.78, 5) is 5.76. The van der Waals surface area contributed by atoms with E-state index in [1.165, 1.54) is 4.88 Å². The SMILES string of the molecule is CCNC(c1sc(C)nc1C)c1cnnn1CC. The topological polar surface area (TPSA) is 55.6 Å². The van der Waals surface area contributed by atoms with Gasteiger partial charge in [-0.3, -0.25) is 0 Å². The molecular formula is C12H19N5S. The van der Waals surface area contributed by atoms with Crippen LogP contribution >= 0.6 is 11.3 Å². The first-order valence-corrected chi connectivity index (χ1v) is 7.04. The average molecular weight is 265 g/mol. The van der Waals surface area contributed by atoms with E-state index in [0.717, 1.165) is 29.5 Å². The lowest BCUT2D eigenvalue weighted by atomic mass is 10.1. The summed E-state index contributed by atoms with van der Waals surface area (Å²) in [5.41, 5.74) is 2.19. The molecule has 0 spiro atoms. The van der Waals surface area contributed by atoms with Crippen molar-refractivity contribution in [1.82, 2.24) is 25.3 Å². The Morgan fingerprint density at radius 2 is 2.17 bits per heavy atom. The highest BCUT2D eigenvalue weighted by Crippen LogP contribution is 2.29. The zero-order chi connectivity index (χ0) is 13.1. The van der Waals surface area contributed by atoms with Crippen LogP contribution in [0, 0.1) is 13.8 Å². The first-order chi connectivity index (χ1) is 8.67. The van der Waals surface area contributed by atoms with Crippen molar-refractivity contribution in [2.75, 3.05) is 6.54 Å². The average Bonchev–Trinajstić information content (AvgIpc) is 2.92. The zero-order valence-corrected chi connectivity index (χ0v) is 12.1. The Morgan fingerprint density at radius 1 is 1.39 bits per heavy atom. The van der Waals surface area contributed by atoms with Crippen LogP contribution in [-0.2, 0) is 6.54 Å². The monoisotopic (exact) mass is 265 g/mol. The van der Waals surface area contributed by atoms with Crippen LogP contribution in [-0.4, -0.2) is 26.5 Å². The molecule has 2 rings (SSSR count). The number of aromatic nitrogens is 4. The molecule has 0 aliphatic rings. The highest BCUT2D eigenvalue weighted by atomic mass is 32.1. The van der Waals surface area contributed by atoms with Crippen LogP contribution in [0.4, 0.5) is 0 Å². The van der Waals surface area contributed by atoms with E-state index >= 15 is 0 Å². The molecule has 1 N–H and O–H groups in total. The molecule has 5 nitrogen and oxygen atoms in total. The van der Waals surface area contributed by atoms with Gasteiger partial charge in [-0.1, -0.05) is 12.1 Å². The molecule has 18 heavy (non-hydrogen) atoms. The largest absolute Gasteiger partial charge is 0.304 e. The summed E-state index contributed by atoms with van der Waals surface area (Å²) in [5, 5.41) is 12.7. The van der Waals surface area contributed by atoms with Gasteiger partial charge < -0.3 is 5.32 Å². The molecule has 1 unspecified atom stereocenters. The van der Waals surface area contributed by atoms with Gasteiger partial charge in [-0.15, -0.1) is 16.4 Å². The lowest BCUT2D eigenvalue weighted by molar-refractivity contribution is 0.537. The summed E-state index contributed by atoms with van der Waals surface area (Å²) in [6.07, 6.45) is 1.84. The summed E-state index contributed by atoms with van der Waals surface area (Å²) in [6.45, 7) is 10.0. The fraction of sp³-hybridized carbons (Fsp3) is 0.583. The summed E-state index contributed by atoms with van der Waals surface area (Å²) in [5.74, 6) is 0. The van der Waals surface area contributed by atoms with Crippen molar-refractivity contribution in [3.8, 4) is 0 Å². The van der Waals surface area contributed by atoms with E-state index in [9.17, 15) is 0 Å². The number of hydrogen-bond donors (Lipinski definition) is 1. The Balaban J connectivity index is 2.42. The van der Waals surface area contributed by atoms with Gasteiger partial charge in [0.05, 0.1) is 33.5 Å². The first kappa shape index (κ1) is 13.2. The van der Waals surface area contributed by atoms with Gasteiger partial charge in [-0.2, -0.15) is 0 Å². The zero-order valence-electron chi connectivity index (χ0n) is 11.3. The lowest BCUT2D eigenvalue weighted by Gasteiger charge is -2.17. The normalized spacial score (nSPS) is 12.9. The predicted octanol–water partition coefficient (Wildman–Crippen LogP) is 2.07. The molecule has 2 aromatic heterocycles. The Labute approximate surface area is 111 Å². The smallest absolute Gasteiger partial charge is 0.0900 e. The van der Waals surface area contributed by atoms with Crippen LogP contribution in [0.3, 0.4) is 0 Å². The first-order valence-electron chi connectivity index (χ1n) is 6.23. The third-order valence-corrected chi connectivity index (χ3v) is 3.99. The molecular weight excluding hydrogens is 246 g/mol. The Hall–Kier alpha value is -1.27. The van der Waals surface area contributed by atoms with Crippen LogP contribution in [0.1, 0.15) is 41.2 Å². The van der Waals surface area contributed by atoms with Gasteiger partial charge >= 0.3 is 0 Å². The highest BCUT2D eigenvalue weighted by Gasteiger charge is 2.22. The standard InChI is InChI=1S/C12H19N5S/c1-5-13-11(10-7-14-16-17(10)6-2)12-8(3)15-9(4)18-12/h7,11,13H,5-6H2,1-4H3. The molecule has 0 amide bonds. The Bertz CT molecular complexity index is 516. The van der Waals surface area contributed by atoms with E-state index in [1.807, 2.05) is 17.8 Å². The fourth-order valence-corrected chi connectivity index (χ4v) is 3.10. The molecule has 6 heteroatoms. The minimum atomic E-state index is 0.135. The molecule has 0 fully saturated rings. The van der Waals surface area contributed by atoms with Crippen molar-refractivity contribution in [2.45, 2.75) is 40.3 Å². The molecule has 0 saturated heterocycles. The fourth-order valence-electron chi connectivity index (χ4n) is 2.09. The maximum Gasteiger partial charge on any atom is 0.0900 e. The van der Waals surface area contributed by atoms with Gasteiger partial charge in [0.25, 0.3) is 0 Å². The van der Waals surface area contributed by atoms with Crippen molar-refractivity contribution in [1.29, 1.82) is 0 Å². The molecule has 1 atom stereocenters.